The van der Waals surface area contributed by atoms with Crippen molar-refractivity contribution in [2.45, 2.75) is 6.04 Å². The van der Waals surface area contributed by atoms with Gasteiger partial charge in [0.2, 0.25) is 5.91 Å². The summed E-state index contributed by atoms with van der Waals surface area (Å²) in [6.07, 6.45) is 0. The van der Waals surface area contributed by atoms with Gasteiger partial charge in [0.15, 0.2) is 0 Å². The van der Waals surface area contributed by atoms with Gasteiger partial charge in [0, 0.05) is 30.9 Å². The average Bonchev–Trinajstić information content (AvgIpc) is 2.63. The number of rotatable bonds is 5. The molecule has 1 aliphatic rings. The summed E-state index contributed by atoms with van der Waals surface area (Å²) in [5.74, 6) is 0.864. The van der Waals surface area contributed by atoms with Crippen LogP contribution in [0, 0.1) is 0 Å². The molecular formula is C19H23N3O2. The number of ether oxygens (including phenoxy) is 1. The molecule has 1 heterocycles. The number of carbonyl (C=O) groups is 1. The van der Waals surface area contributed by atoms with Gasteiger partial charge in [-0.3, -0.25) is 9.69 Å². The van der Waals surface area contributed by atoms with Crippen molar-refractivity contribution in [2.75, 3.05) is 38.6 Å². The molecule has 0 saturated carbocycles. The lowest BCUT2D eigenvalue weighted by molar-refractivity contribution is -0.118. The Kier molecular flexibility index (Phi) is 5.46. The first-order valence-corrected chi connectivity index (χ1v) is 8.20. The van der Waals surface area contributed by atoms with E-state index in [4.69, 9.17) is 4.74 Å². The Balaban J connectivity index is 1.71. The molecule has 2 aromatic rings. The number of hydrogen-bond acceptors (Lipinski definition) is 4. The van der Waals surface area contributed by atoms with Gasteiger partial charge < -0.3 is 15.4 Å². The standard InChI is InChI=1S/C19H23N3O2/c1-24-18-10-6-5-9-16(18)17-13-20-11-12-22(17)14-19(23)21-15-7-3-2-4-8-15/h2-10,17,20H,11-14H2,1H3,(H,21,23). The molecule has 0 aromatic heterocycles. The van der Waals surface area contributed by atoms with Crippen molar-refractivity contribution in [1.29, 1.82) is 0 Å². The van der Waals surface area contributed by atoms with Crippen molar-refractivity contribution < 1.29 is 9.53 Å². The maximum absolute atomic E-state index is 12.4. The number of nitrogens with zero attached hydrogens (tertiary/aromatic N) is 1. The Morgan fingerprint density at radius 3 is 2.75 bits per heavy atom. The van der Waals surface area contributed by atoms with Crippen molar-refractivity contribution in [3.63, 3.8) is 0 Å². The van der Waals surface area contributed by atoms with Crippen molar-refractivity contribution in [3.05, 3.63) is 60.2 Å². The number of carbonyl (C=O) groups excluding carboxylic acids is 1. The van der Waals surface area contributed by atoms with Gasteiger partial charge in [0.05, 0.1) is 19.7 Å². The fourth-order valence-corrected chi connectivity index (χ4v) is 3.09. The molecule has 1 amide bonds. The van der Waals surface area contributed by atoms with Crippen LogP contribution in [0.15, 0.2) is 54.6 Å². The monoisotopic (exact) mass is 325 g/mol. The van der Waals surface area contributed by atoms with Crippen molar-refractivity contribution >= 4 is 11.6 Å². The Morgan fingerprint density at radius 1 is 1.21 bits per heavy atom. The zero-order valence-corrected chi connectivity index (χ0v) is 13.9. The third-order valence-electron chi connectivity index (χ3n) is 4.26. The second-order valence-electron chi connectivity index (χ2n) is 5.85. The molecule has 0 aliphatic carbocycles. The van der Waals surface area contributed by atoms with Gasteiger partial charge in [-0.15, -0.1) is 0 Å². The summed E-state index contributed by atoms with van der Waals surface area (Å²) in [4.78, 5) is 14.6. The topological polar surface area (TPSA) is 53.6 Å². The highest BCUT2D eigenvalue weighted by atomic mass is 16.5. The van der Waals surface area contributed by atoms with Crippen LogP contribution < -0.4 is 15.4 Å². The molecule has 1 unspecified atom stereocenters. The molecule has 1 aliphatic heterocycles. The zero-order chi connectivity index (χ0) is 16.8. The molecule has 5 nitrogen and oxygen atoms in total. The van der Waals surface area contributed by atoms with E-state index < -0.39 is 0 Å². The fourth-order valence-electron chi connectivity index (χ4n) is 3.09. The van der Waals surface area contributed by atoms with Crippen molar-refractivity contribution in [1.82, 2.24) is 10.2 Å². The highest BCUT2D eigenvalue weighted by Gasteiger charge is 2.27. The summed E-state index contributed by atoms with van der Waals surface area (Å²) in [6.45, 7) is 2.87. The summed E-state index contributed by atoms with van der Waals surface area (Å²) in [6, 6.07) is 17.7. The van der Waals surface area contributed by atoms with E-state index in [1.54, 1.807) is 7.11 Å². The van der Waals surface area contributed by atoms with Crippen molar-refractivity contribution in [3.8, 4) is 5.75 Å². The maximum Gasteiger partial charge on any atom is 0.238 e. The molecule has 0 spiro atoms. The zero-order valence-electron chi connectivity index (χ0n) is 13.9. The number of amides is 1. The number of nitrogens with one attached hydrogen (secondary N) is 2. The van der Waals surface area contributed by atoms with E-state index in [0.717, 1.165) is 36.6 Å². The van der Waals surface area contributed by atoms with E-state index in [2.05, 4.69) is 21.6 Å². The number of hydrogen-bond donors (Lipinski definition) is 2. The van der Waals surface area contributed by atoms with Crippen LogP contribution in [0.2, 0.25) is 0 Å². The van der Waals surface area contributed by atoms with Crippen LogP contribution >= 0.6 is 0 Å². The summed E-state index contributed by atoms with van der Waals surface area (Å²) in [7, 11) is 1.68. The van der Waals surface area contributed by atoms with E-state index in [9.17, 15) is 4.79 Å². The lowest BCUT2D eigenvalue weighted by atomic mass is 10.0. The predicted molar refractivity (Wildman–Crippen MR) is 95.2 cm³/mol. The van der Waals surface area contributed by atoms with Gasteiger partial charge in [-0.2, -0.15) is 0 Å². The number of piperazine rings is 1. The Morgan fingerprint density at radius 2 is 1.96 bits per heavy atom. The average molecular weight is 325 g/mol. The minimum absolute atomic E-state index is 0.00278. The number of methoxy groups -OCH3 is 1. The Labute approximate surface area is 142 Å². The van der Waals surface area contributed by atoms with E-state index in [1.807, 2.05) is 48.5 Å². The van der Waals surface area contributed by atoms with E-state index in [1.165, 1.54) is 0 Å². The normalized spacial score (nSPS) is 18.1. The first kappa shape index (κ1) is 16.5. The number of para-hydroxylation sites is 2. The molecule has 2 N–H and O–H groups in total. The van der Waals surface area contributed by atoms with Gasteiger partial charge in [0.1, 0.15) is 5.75 Å². The maximum atomic E-state index is 12.4. The minimum Gasteiger partial charge on any atom is -0.496 e. The molecule has 0 radical (unpaired) electrons. The van der Waals surface area contributed by atoms with Crippen LogP contribution in [-0.4, -0.2) is 44.1 Å². The van der Waals surface area contributed by atoms with Crippen LogP contribution in [0.3, 0.4) is 0 Å². The predicted octanol–water partition coefficient (Wildman–Crippen LogP) is 2.28. The molecule has 3 rings (SSSR count). The molecular weight excluding hydrogens is 302 g/mol. The molecule has 24 heavy (non-hydrogen) atoms. The van der Waals surface area contributed by atoms with Crippen LogP contribution in [0.5, 0.6) is 5.75 Å². The lowest BCUT2D eigenvalue weighted by Crippen LogP contribution is -2.48. The summed E-state index contributed by atoms with van der Waals surface area (Å²) in [5, 5.41) is 6.37. The smallest absolute Gasteiger partial charge is 0.238 e. The first-order chi connectivity index (χ1) is 11.8. The third-order valence-corrected chi connectivity index (χ3v) is 4.26. The molecule has 126 valence electrons. The van der Waals surface area contributed by atoms with Gasteiger partial charge in [-0.25, -0.2) is 0 Å². The molecule has 1 fully saturated rings. The van der Waals surface area contributed by atoms with Crippen LogP contribution in [-0.2, 0) is 4.79 Å². The second kappa shape index (κ2) is 7.95. The minimum atomic E-state index is 0.00278. The van der Waals surface area contributed by atoms with E-state index in [0.29, 0.717) is 6.54 Å². The highest BCUT2D eigenvalue weighted by molar-refractivity contribution is 5.92. The highest BCUT2D eigenvalue weighted by Crippen LogP contribution is 2.29. The van der Waals surface area contributed by atoms with Crippen LogP contribution in [0.4, 0.5) is 5.69 Å². The summed E-state index contributed by atoms with van der Waals surface area (Å²) >= 11 is 0. The second-order valence-corrected chi connectivity index (χ2v) is 5.85. The van der Waals surface area contributed by atoms with Gasteiger partial charge in [0.25, 0.3) is 0 Å². The SMILES string of the molecule is COc1ccccc1C1CNCCN1CC(=O)Nc1ccccc1. The number of benzene rings is 2. The summed E-state index contributed by atoms with van der Waals surface area (Å²) in [5.41, 5.74) is 1.94. The Bertz CT molecular complexity index is 675. The summed E-state index contributed by atoms with van der Waals surface area (Å²) < 4.78 is 5.49. The molecule has 0 bridgehead atoms. The molecule has 1 saturated heterocycles. The number of anilines is 1. The van der Waals surface area contributed by atoms with Gasteiger partial charge >= 0.3 is 0 Å². The van der Waals surface area contributed by atoms with E-state index >= 15 is 0 Å². The third kappa shape index (κ3) is 3.93. The lowest BCUT2D eigenvalue weighted by Gasteiger charge is -2.36. The van der Waals surface area contributed by atoms with Gasteiger partial charge in [-0.05, 0) is 18.2 Å². The molecule has 5 heteroatoms. The van der Waals surface area contributed by atoms with Crippen LogP contribution in [0.1, 0.15) is 11.6 Å². The first-order valence-electron chi connectivity index (χ1n) is 8.20. The largest absolute Gasteiger partial charge is 0.496 e. The molecule has 2 aromatic carbocycles. The van der Waals surface area contributed by atoms with E-state index in [-0.39, 0.29) is 11.9 Å². The molecule has 1 atom stereocenters. The quantitative estimate of drug-likeness (QED) is 0.885. The fraction of sp³-hybridized carbons (Fsp3) is 0.316. The van der Waals surface area contributed by atoms with Gasteiger partial charge in [-0.1, -0.05) is 36.4 Å². The Hall–Kier alpha value is -2.37. The van der Waals surface area contributed by atoms with Crippen LogP contribution in [0.25, 0.3) is 0 Å². The van der Waals surface area contributed by atoms with Crippen molar-refractivity contribution in [2.24, 2.45) is 0 Å².